The molecule has 0 amide bonds. The van der Waals surface area contributed by atoms with Gasteiger partial charge in [0, 0.05) is 5.56 Å². The van der Waals surface area contributed by atoms with Gasteiger partial charge in [0.1, 0.15) is 24.7 Å². The second-order valence-electron chi connectivity index (χ2n) is 5.05. The van der Waals surface area contributed by atoms with Crippen LogP contribution in [0.5, 0.6) is 11.5 Å². The van der Waals surface area contributed by atoms with E-state index in [9.17, 15) is 0 Å². The van der Waals surface area contributed by atoms with E-state index in [0.29, 0.717) is 5.75 Å². The Balaban J connectivity index is 2.97. The van der Waals surface area contributed by atoms with Crippen LogP contribution in [0.2, 0.25) is 0 Å². The van der Waals surface area contributed by atoms with Crippen LogP contribution in [0.15, 0.2) is 18.2 Å². The highest BCUT2D eigenvalue weighted by atomic mass is 16.5. The van der Waals surface area contributed by atoms with Gasteiger partial charge in [0.05, 0.1) is 13.2 Å². The molecule has 4 heteroatoms. The summed E-state index contributed by atoms with van der Waals surface area (Å²) in [6, 6.07) is 5.56. The summed E-state index contributed by atoms with van der Waals surface area (Å²) >= 11 is 0. The summed E-state index contributed by atoms with van der Waals surface area (Å²) in [6.45, 7) is 6.80. The fraction of sp³-hybridized carbons (Fsp3) is 0.571. The van der Waals surface area contributed by atoms with E-state index in [2.05, 4.69) is 20.8 Å². The Morgan fingerprint density at radius 1 is 1.00 bits per heavy atom. The Kier molecular flexibility index (Phi) is 5.44. The summed E-state index contributed by atoms with van der Waals surface area (Å²) in [5.41, 5.74) is 0.940. The fourth-order valence-electron chi connectivity index (χ4n) is 1.63. The van der Waals surface area contributed by atoms with Crippen LogP contribution in [0.1, 0.15) is 26.3 Å². The van der Waals surface area contributed by atoms with E-state index < -0.39 is 0 Å². The molecule has 1 rings (SSSR count). The minimum Gasteiger partial charge on any atom is -0.491 e. The molecule has 2 N–H and O–H groups in total. The number of aliphatic hydroxyl groups is 2. The molecule has 0 atom stereocenters. The van der Waals surface area contributed by atoms with Gasteiger partial charge in [-0.05, 0) is 23.6 Å². The molecule has 0 unspecified atom stereocenters. The van der Waals surface area contributed by atoms with Crippen molar-refractivity contribution in [3.8, 4) is 11.5 Å². The molecule has 0 radical (unpaired) electrons. The molecule has 0 spiro atoms. The summed E-state index contributed by atoms with van der Waals surface area (Å²) in [5, 5.41) is 17.6. The van der Waals surface area contributed by atoms with Gasteiger partial charge < -0.3 is 19.7 Å². The third kappa shape index (κ3) is 4.20. The largest absolute Gasteiger partial charge is 0.491 e. The van der Waals surface area contributed by atoms with Gasteiger partial charge in [0.25, 0.3) is 0 Å². The van der Waals surface area contributed by atoms with Crippen LogP contribution in [0.25, 0.3) is 0 Å². The summed E-state index contributed by atoms with van der Waals surface area (Å²) < 4.78 is 10.9. The maximum Gasteiger partial charge on any atom is 0.123 e. The smallest absolute Gasteiger partial charge is 0.123 e. The molecule has 0 aliphatic rings. The van der Waals surface area contributed by atoms with Crippen molar-refractivity contribution in [1.82, 2.24) is 0 Å². The van der Waals surface area contributed by atoms with E-state index >= 15 is 0 Å². The molecule has 0 aromatic heterocycles. The summed E-state index contributed by atoms with van der Waals surface area (Å²) in [5.74, 6) is 1.47. The third-order valence-corrected chi connectivity index (χ3v) is 2.47. The molecule has 0 aliphatic carbocycles. The second kappa shape index (κ2) is 6.61. The lowest BCUT2D eigenvalue weighted by molar-refractivity contribution is 0.195. The Morgan fingerprint density at radius 2 is 1.61 bits per heavy atom. The molecule has 0 aliphatic heterocycles. The van der Waals surface area contributed by atoms with Crippen LogP contribution in [-0.2, 0) is 5.41 Å². The number of benzene rings is 1. The predicted molar refractivity (Wildman–Crippen MR) is 70.3 cm³/mol. The lowest BCUT2D eigenvalue weighted by atomic mass is 9.86. The van der Waals surface area contributed by atoms with E-state index in [4.69, 9.17) is 19.7 Å². The van der Waals surface area contributed by atoms with Crippen molar-refractivity contribution in [3.05, 3.63) is 23.8 Å². The van der Waals surface area contributed by atoms with E-state index in [0.717, 1.165) is 11.3 Å². The molecular weight excluding hydrogens is 232 g/mol. The minimum absolute atomic E-state index is 0.00633. The van der Waals surface area contributed by atoms with Gasteiger partial charge in [-0.3, -0.25) is 0 Å². The zero-order chi connectivity index (χ0) is 13.6. The zero-order valence-corrected chi connectivity index (χ0v) is 11.3. The molecule has 0 bridgehead atoms. The topological polar surface area (TPSA) is 58.9 Å². The Bertz CT molecular complexity index is 369. The van der Waals surface area contributed by atoms with Gasteiger partial charge in [-0.25, -0.2) is 0 Å². The van der Waals surface area contributed by atoms with Gasteiger partial charge in [0.2, 0.25) is 0 Å². The summed E-state index contributed by atoms with van der Waals surface area (Å²) in [6.07, 6.45) is 0. The van der Waals surface area contributed by atoms with Crippen LogP contribution in [0.3, 0.4) is 0 Å². The van der Waals surface area contributed by atoms with Crippen molar-refractivity contribution < 1.29 is 19.7 Å². The Hall–Kier alpha value is -1.26. The molecule has 4 nitrogen and oxygen atoms in total. The molecule has 1 aromatic carbocycles. The predicted octanol–water partition coefficient (Wildman–Crippen LogP) is 1.73. The maximum absolute atomic E-state index is 8.81. The average Bonchev–Trinajstić information content (AvgIpc) is 2.33. The van der Waals surface area contributed by atoms with Gasteiger partial charge >= 0.3 is 0 Å². The van der Waals surface area contributed by atoms with Crippen molar-refractivity contribution in [1.29, 1.82) is 0 Å². The fourth-order valence-corrected chi connectivity index (χ4v) is 1.63. The van der Waals surface area contributed by atoms with Crippen LogP contribution in [-0.4, -0.2) is 36.6 Å². The molecule has 1 aromatic rings. The third-order valence-electron chi connectivity index (χ3n) is 2.47. The van der Waals surface area contributed by atoms with E-state index in [1.54, 1.807) is 6.07 Å². The van der Waals surface area contributed by atoms with Crippen molar-refractivity contribution in [3.63, 3.8) is 0 Å². The number of hydrogen-bond donors (Lipinski definition) is 2. The molecule has 0 saturated heterocycles. The van der Waals surface area contributed by atoms with Crippen LogP contribution < -0.4 is 9.47 Å². The number of aliphatic hydroxyl groups excluding tert-OH is 2. The number of hydrogen-bond acceptors (Lipinski definition) is 4. The lowest BCUT2D eigenvalue weighted by Crippen LogP contribution is -2.15. The first kappa shape index (κ1) is 14.8. The summed E-state index contributed by atoms with van der Waals surface area (Å²) in [7, 11) is 0. The Morgan fingerprint density at radius 3 is 2.17 bits per heavy atom. The summed E-state index contributed by atoms with van der Waals surface area (Å²) in [4.78, 5) is 0. The monoisotopic (exact) mass is 254 g/mol. The highest BCUT2D eigenvalue weighted by Crippen LogP contribution is 2.34. The van der Waals surface area contributed by atoms with Crippen LogP contribution >= 0.6 is 0 Å². The minimum atomic E-state index is -0.0800. The quantitative estimate of drug-likeness (QED) is 0.811. The zero-order valence-electron chi connectivity index (χ0n) is 11.3. The Labute approximate surface area is 108 Å². The van der Waals surface area contributed by atoms with Gasteiger partial charge in [0.15, 0.2) is 0 Å². The lowest BCUT2D eigenvalue weighted by Gasteiger charge is -2.23. The van der Waals surface area contributed by atoms with Crippen molar-refractivity contribution in [2.75, 3.05) is 26.4 Å². The van der Waals surface area contributed by atoms with Gasteiger partial charge in [-0.2, -0.15) is 0 Å². The molecule has 0 fully saturated rings. The molecular formula is C14H22O4. The number of rotatable bonds is 6. The van der Waals surface area contributed by atoms with Gasteiger partial charge in [-0.1, -0.05) is 20.8 Å². The SMILES string of the molecule is CC(C)(C)c1cc(OCCO)ccc1OCCO. The molecule has 102 valence electrons. The van der Waals surface area contributed by atoms with Crippen LogP contribution in [0, 0.1) is 0 Å². The molecule has 0 heterocycles. The first-order valence-corrected chi connectivity index (χ1v) is 6.11. The number of ether oxygens (including phenoxy) is 2. The maximum atomic E-state index is 8.81. The van der Waals surface area contributed by atoms with E-state index in [1.165, 1.54) is 0 Å². The first-order chi connectivity index (χ1) is 8.49. The first-order valence-electron chi connectivity index (χ1n) is 6.11. The average molecular weight is 254 g/mol. The highest BCUT2D eigenvalue weighted by molar-refractivity contribution is 5.44. The molecule has 18 heavy (non-hydrogen) atoms. The van der Waals surface area contributed by atoms with Gasteiger partial charge in [-0.15, -0.1) is 0 Å². The molecule has 0 saturated carbocycles. The van der Waals surface area contributed by atoms with E-state index in [-0.39, 0.29) is 31.8 Å². The standard InChI is InChI=1S/C14H22O4/c1-14(2,3)12-10-11(17-8-6-15)4-5-13(12)18-9-7-16/h4-5,10,15-16H,6-9H2,1-3H3. The van der Waals surface area contributed by atoms with Crippen molar-refractivity contribution in [2.45, 2.75) is 26.2 Å². The van der Waals surface area contributed by atoms with Crippen molar-refractivity contribution in [2.24, 2.45) is 0 Å². The normalized spacial score (nSPS) is 11.4. The second-order valence-corrected chi connectivity index (χ2v) is 5.05. The van der Waals surface area contributed by atoms with Crippen molar-refractivity contribution >= 4 is 0 Å². The van der Waals surface area contributed by atoms with Crippen LogP contribution in [0.4, 0.5) is 0 Å². The highest BCUT2D eigenvalue weighted by Gasteiger charge is 2.20. The van der Waals surface area contributed by atoms with E-state index in [1.807, 2.05) is 12.1 Å².